The van der Waals surface area contributed by atoms with Gasteiger partial charge in [-0.25, -0.2) is 4.79 Å². The Labute approximate surface area is 229 Å². The summed E-state index contributed by atoms with van der Waals surface area (Å²) in [7, 11) is 0. The van der Waals surface area contributed by atoms with E-state index < -0.39 is 5.60 Å². The van der Waals surface area contributed by atoms with Crippen LogP contribution in [-0.2, 0) is 31.0 Å². The molecule has 0 unspecified atom stereocenters. The summed E-state index contributed by atoms with van der Waals surface area (Å²) in [5.74, 6) is -0.961. The van der Waals surface area contributed by atoms with E-state index in [1.165, 1.54) is 0 Å². The summed E-state index contributed by atoms with van der Waals surface area (Å²) < 4.78 is 17.5. The highest BCUT2D eigenvalue weighted by molar-refractivity contribution is 5.89. The minimum absolute atomic E-state index is 0.213. The van der Waals surface area contributed by atoms with Crippen molar-refractivity contribution in [3.63, 3.8) is 0 Å². The standard InChI is InChI=1S/C34H32O5/c1-2-37-32(35)26-14-12-13-25(23-26)21-22-31-30(33(36)39-31)24-38-34(27-15-6-3-7-16-27,28-17-8-4-9-18-28)29-19-10-5-11-20-29/h3-20,23,30-31H,2,21-22,24H2,1H3/t30-,31-/m0/s1. The Morgan fingerprint density at radius 1 is 0.795 bits per heavy atom. The molecule has 2 atom stereocenters. The van der Waals surface area contributed by atoms with Crippen molar-refractivity contribution in [1.82, 2.24) is 0 Å². The Bertz CT molecular complexity index is 1290. The van der Waals surface area contributed by atoms with Crippen molar-refractivity contribution in [3.8, 4) is 0 Å². The van der Waals surface area contributed by atoms with E-state index in [4.69, 9.17) is 14.2 Å². The number of esters is 2. The molecule has 0 amide bonds. The predicted molar refractivity (Wildman–Crippen MR) is 149 cm³/mol. The molecule has 1 saturated heterocycles. The third-order valence-corrected chi connectivity index (χ3v) is 7.20. The lowest BCUT2D eigenvalue weighted by molar-refractivity contribution is -0.194. The largest absolute Gasteiger partial charge is 0.462 e. The van der Waals surface area contributed by atoms with Crippen LogP contribution in [0.15, 0.2) is 115 Å². The maximum atomic E-state index is 12.6. The lowest BCUT2D eigenvalue weighted by Crippen LogP contribution is -2.49. The molecule has 4 aromatic rings. The second-order valence-electron chi connectivity index (χ2n) is 9.63. The Morgan fingerprint density at radius 3 is 1.87 bits per heavy atom. The van der Waals surface area contributed by atoms with Gasteiger partial charge >= 0.3 is 11.9 Å². The second-order valence-corrected chi connectivity index (χ2v) is 9.63. The van der Waals surface area contributed by atoms with Crippen LogP contribution < -0.4 is 0 Å². The van der Waals surface area contributed by atoms with Gasteiger partial charge in [0, 0.05) is 0 Å². The molecule has 0 aromatic heterocycles. The van der Waals surface area contributed by atoms with Crippen LogP contribution >= 0.6 is 0 Å². The summed E-state index contributed by atoms with van der Waals surface area (Å²) in [6, 6.07) is 37.8. The number of carbonyl (C=O) groups excluding carboxylic acids is 2. The lowest BCUT2D eigenvalue weighted by Gasteiger charge is -2.40. The number of aryl methyl sites for hydroxylation is 1. The number of benzene rings is 4. The molecule has 5 rings (SSSR count). The predicted octanol–water partition coefficient (Wildman–Crippen LogP) is 6.35. The summed E-state index contributed by atoms with van der Waals surface area (Å²) in [5.41, 5.74) is 3.60. The second kappa shape index (κ2) is 12.1. The zero-order chi connectivity index (χ0) is 27.1. The lowest BCUT2D eigenvalue weighted by atomic mass is 9.79. The van der Waals surface area contributed by atoms with Gasteiger partial charge < -0.3 is 14.2 Å². The number of hydrogen-bond donors (Lipinski definition) is 0. The zero-order valence-electron chi connectivity index (χ0n) is 22.0. The van der Waals surface area contributed by atoms with Crippen LogP contribution in [0.1, 0.15) is 46.0 Å². The number of cyclic esters (lactones) is 1. The van der Waals surface area contributed by atoms with Crippen molar-refractivity contribution >= 4 is 11.9 Å². The van der Waals surface area contributed by atoms with Crippen molar-refractivity contribution in [2.75, 3.05) is 13.2 Å². The van der Waals surface area contributed by atoms with E-state index >= 15 is 0 Å². The van der Waals surface area contributed by atoms with Gasteiger partial charge in [0.1, 0.15) is 17.6 Å². The summed E-state index contributed by atoms with van der Waals surface area (Å²) in [6.07, 6.45) is 1.05. The number of ether oxygens (including phenoxy) is 3. The first kappa shape index (κ1) is 26.4. The molecule has 39 heavy (non-hydrogen) atoms. The first-order valence-corrected chi connectivity index (χ1v) is 13.4. The molecule has 1 fully saturated rings. The van der Waals surface area contributed by atoms with E-state index in [1.807, 2.05) is 72.8 Å². The van der Waals surface area contributed by atoms with Gasteiger partial charge in [0.05, 0.1) is 18.8 Å². The van der Waals surface area contributed by atoms with Crippen molar-refractivity contribution in [1.29, 1.82) is 0 Å². The summed E-state index contributed by atoms with van der Waals surface area (Å²) in [6.45, 7) is 2.33. The van der Waals surface area contributed by atoms with Crippen LogP contribution in [0.5, 0.6) is 0 Å². The molecule has 0 saturated carbocycles. The SMILES string of the molecule is CCOC(=O)c1cccc(CC[C@@H]2OC(=O)[C@H]2COC(c2ccccc2)(c2ccccc2)c2ccccc2)c1. The highest BCUT2D eigenvalue weighted by Crippen LogP contribution is 2.42. The molecular formula is C34H32O5. The highest BCUT2D eigenvalue weighted by Gasteiger charge is 2.45. The van der Waals surface area contributed by atoms with Gasteiger partial charge in [-0.3, -0.25) is 4.79 Å². The summed E-state index contributed by atoms with van der Waals surface area (Å²) in [5, 5.41) is 0. The van der Waals surface area contributed by atoms with Crippen LogP contribution in [0, 0.1) is 5.92 Å². The molecule has 5 heteroatoms. The van der Waals surface area contributed by atoms with Gasteiger partial charge in [-0.15, -0.1) is 0 Å². The third-order valence-electron chi connectivity index (χ3n) is 7.20. The van der Waals surface area contributed by atoms with E-state index in [0.717, 1.165) is 22.3 Å². The van der Waals surface area contributed by atoms with Crippen LogP contribution in [-0.4, -0.2) is 31.3 Å². The molecule has 1 heterocycles. The molecule has 5 nitrogen and oxygen atoms in total. The van der Waals surface area contributed by atoms with E-state index in [-0.39, 0.29) is 30.6 Å². The van der Waals surface area contributed by atoms with E-state index in [1.54, 1.807) is 13.0 Å². The molecule has 0 radical (unpaired) electrons. The van der Waals surface area contributed by atoms with Gasteiger partial charge in [-0.2, -0.15) is 0 Å². The third kappa shape index (κ3) is 5.64. The Morgan fingerprint density at radius 2 is 1.36 bits per heavy atom. The van der Waals surface area contributed by atoms with Gasteiger partial charge in [-0.05, 0) is 54.2 Å². The fraction of sp³-hybridized carbons (Fsp3) is 0.235. The zero-order valence-corrected chi connectivity index (χ0v) is 22.0. The fourth-order valence-corrected chi connectivity index (χ4v) is 5.19. The topological polar surface area (TPSA) is 61.8 Å². The van der Waals surface area contributed by atoms with Gasteiger partial charge in [0.25, 0.3) is 0 Å². The molecule has 0 spiro atoms. The average molecular weight is 521 g/mol. The van der Waals surface area contributed by atoms with Gasteiger partial charge in [-0.1, -0.05) is 103 Å². The molecule has 1 aliphatic heterocycles. The molecule has 0 bridgehead atoms. The number of carbonyl (C=O) groups is 2. The maximum Gasteiger partial charge on any atom is 0.338 e. The quantitative estimate of drug-likeness (QED) is 0.170. The molecular weight excluding hydrogens is 488 g/mol. The molecule has 0 aliphatic carbocycles. The van der Waals surface area contributed by atoms with Crippen molar-refractivity contribution in [2.24, 2.45) is 5.92 Å². The summed E-state index contributed by atoms with van der Waals surface area (Å²) in [4.78, 5) is 24.7. The van der Waals surface area contributed by atoms with Crippen LogP contribution in [0.4, 0.5) is 0 Å². The van der Waals surface area contributed by atoms with E-state index in [0.29, 0.717) is 25.0 Å². The Balaban J connectivity index is 1.37. The van der Waals surface area contributed by atoms with Crippen molar-refractivity contribution < 1.29 is 23.8 Å². The van der Waals surface area contributed by atoms with E-state index in [9.17, 15) is 9.59 Å². The minimum atomic E-state index is -0.891. The monoisotopic (exact) mass is 520 g/mol. The molecule has 198 valence electrons. The van der Waals surface area contributed by atoms with Gasteiger partial charge in [0.15, 0.2) is 0 Å². The summed E-state index contributed by atoms with van der Waals surface area (Å²) >= 11 is 0. The van der Waals surface area contributed by atoms with Crippen molar-refractivity contribution in [3.05, 3.63) is 143 Å². The van der Waals surface area contributed by atoms with Crippen molar-refractivity contribution in [2.45, 2.75) is 31.5 Å². The molecule has 1 aliphatic rings. The normalized spacial score (nSPS) is 16.7. The first-order chi connectivity index (χ1) is 19.1. The maximum absolute atomic E-state index is 12.6. The fourth-order valence-electron chi connectivity index (χ4n) is 5.19. The number of rotatable bonds is 11. The highest BCUT2D eigenvalue weighted by atomic mass is 16.6. The Hall–Kier alpha value is -4.22. The smallest absolute Gasteiger partial charge is 0.338 e. The van der Waals surface area contributed by atoms with Crippen LogP contribution in [0.25, 0.3) is 0 Å². The van der Waals surface area contributed by atoms with E-state index in [2.05, 4.69) is 36.4 Å². The Kier molecular flexibility index (Phi) is 8.18. The average Bonchev–Trinajstić information content (AvgIpc) is 2.99. The molecule has 4 aromatic carbocycles. The molecule has 0 N–H and O–H groups in total. The number of hydrogen-bond acceptors (Lipinski definition) is 5. The first-order valence-electron chi connectivity index (χ1n) is 13.4. The van der Waals surface area contributed by atoms with Crippen LogP contribution in [0.3, 0.4) is 0 Å². The minimum Gasteiger partial charge on any atom is -0.462 e. The van der Waals surface area contributed by atoms with Crippen LogP contribution in [0.2, 0.25) is 0 Å². The van der Waals surface area contributed by atoms with Gasteiger partial charge in [0.2, 0.25) is 0 Å².